The van der Waals surface area contributed by atoms with Gasteiger partial charge in [-0.1, -0.05) is 287 Å². The molecule has 10 heteroatoms. The number of ether oxygens (including phenoxy) is 2. The largest absolute Gasteiger partial charge is 0.472 e. The predicted molar refractivity (Wildman–Crippen MR) is 366 cm³/mol. The number of allylic oxidation sites excluding steroid dienone is 26. The molecule has 0 bridgehead atoms. The second-order valence-corrected chi connectivity index (χ2v) is 23.4. The van der Waals surface area contributed by atoms with Crippen LogP contribution in [0.2, 0.25) is 0 Å². The van der Waals surface area contributed by atoms with Crippen molar-refractivity contribution in [1.29, 1.82) is 0 Å². The number of rotatable bonds is 62. The molecule has 0 aliphatic rings. The lowest BCUT2D eigenvalue weighted by Gasteiger charge is -2.19. The Hall–Kier alpha value is -4.37. The molecule has 0 fully saturated rings. The maximum absolute atomic E-state index is 12.7. The highest BCUT2D eigenvalue weighted by molar-refractivity contribution is 7.47. The number of phosphoric acid groups is 1. The minimum absolute atomic E-state index is 0.0400. The Morgan fingerprint density at radius 1 is 0.365 bits per heavy atom. The summed E-state index contributed by atoms with van der Waals surface area (Å²) in [6.45, 7) is 3.58. The van der Waals surface area contributed by atoms with Gasteiger partial charge in [-0.05, 0) is 128 Å². The van der Waals surface area contributed by atoms with Gasteiger partial charge in [0.15, 0.2) is 6.10 Å². The first-order valence-corrected chi connectivity index (χ1v) is 35.5. The molecule has 0 aromatic carbocycles. The fourth-order valence-electron chi connectivity index (χ4n) is 8.91. The van der Waals surface area contributed by atoms with Crippen LogP contribution in [0.4, 0.5) is 0 Å². The Morgan fingerprint density at radius 3 is 0.976 bits per heavy atom. The number of hydrogen-bond donors (Lipinski definition) is 2. The van der Waals surface area contributed by atoms with Crippen molar-refractivity contribution < 1.29 is 37.6 Å². The smallest absolute Gasteiger partial charge is 0.462 e. The van der Waals surface area contributed by atoms with Crippen LogP contribution < -0.4 is 5.73 Å². The normalized spacial score (nSPS) is 14.0. The Morgan fingerprint density at radius 2 is 0.647 bits per heavy atom. The molecule has 0 saturated heterocycles. The number of phosphoric ester groups is 1. The second-order valence-electron chi connectivity index (χ2n) is 22.0. The van der Waals surface area contributed by atoms with Gasteiger partial charge >= 0.3 is 19.8 Å². The van der Waals surface area contributed by atoms with Crippen LogP contribution in [0.25, 0.3) is 0 Å². The highest BCUT2D eigenvalue weighted by Crippen LogP contribution is 2.43. The summed E-state index contributed by atoms with van der Waals surface area (Å²) < 4.78 is 33.1. The Kier molecular flexibility index (Phi) is 65.2. The molecule has 482 valence electrons. The molecule has 0 aliphatic heterocycles. The second kappa shape index (κ2) is 68.7. The van der Waals surface area contributed by atoms with E-state index in [9.17, 15) is 19.0 Å². The van der Waals surface area contributed by atoms with Crippen molar-refractivity contribution in [3.8, 4) is 0 Å². The van der Waals surface area contributed by atoms with Gasteiger partial charge in [0.05, 0.1) is 13.2 Å². The van der Waals surface area contributed by atoms with Gasteiger partial charge in [0.2, 0.25) is 0 Å². The van der Waals surface area contributed by atoms with E-state index < -0.39 is 32.5 Å². The van der Waals surface area contributed by atoms with Crippen LogP contribution in [0.3, 0.4) is 0 Å². The van der Waals surface area contributed by atoms with Crippen molar-refractivity contribution >= 4 is 19.8 Å². The summed E-state index contributed by atoms with van der Waals surface area (Å²) in [5.74, 6) is -0.872. The average Bonchev–Trinajstić information content (AvgIpc) is 3.52. The topological polar surface area (TPSA) is 134 Å². The lowest BCUT2D eigenvalue weighted by atomic mass is 10.0. The van der Waals surface area contributed by atoms with E-state index in [2.05, 4.69) is 172 Å². The molecule has 0 aromatic heterocycles. The quantitative estimate of drug-likeness (QED) is 0.0264. The lowest BCUT2D eigenvalue weighted by Crippen LogP contribution is -2.29. The van der Waals surface area contributed by atoms with Crippen LogP contribution in [0, 0.1) is 0 Å². The van der Waals surface area contributed by atoms with Gasteiger partial charge in [0.1, 0.15) is 6.61 Å². The summed E-state index contributed by atoms with van der Waals surface area (Å²) in [4.78, 5) is 35.3. The monoisotopic (exact) mass is 1200 g/mol. The fourth-order valence-corrected chi connectivity index (χ4v) is 9.67. The van der Waals surface area contributed by atoms with Crippen molar-refractivity contribution in [1.82, 2.24) is 0 Å². The Balaban J connectivity index is 4.04. The van der Waals surface area contributed by atoms with E-state index in [0.29, 0.717) is 6.42 Å². The Bertz CT molecular complexity index is 1950. The molecule has 3 N–H and O–H groups in total. The van der Waals surface area contributed by atoms with E-state index in [1.807, 2.05) is 0 Å². The molecule has 0 heterocycles. The van der Waals surface area contributed by atoms with E-state index in [0.717, 1.165) is 116 Å². The van der Waals surface area contributed by atoms with Crippen LogP contribution in [0.1, 0.15) is 271 Å². The molecule has 0 spiro atoms. The third-order valence-corrected chi connectivity index (χ3v) is 14.9. The fraction of sp³-hybridized carbons (Fsp3) is 0.627. The minimum atomic E-state index is -4.41. The number of nitrogens with two attached hydrogens (primary N) is 1. The third kappa shape index (κ3) is 68.6. The van der Waals surface area contributed by atoms with Gasteiger partial charge in [-0.2, -0.15) is 0 Å². The van der Waals surface area contributed by atoms with Crippen LogP contribution >= 0.6 is 7.82 Å². The number of carbonyl (C=O) groups excluding carboxylic acids is 2. The van der Waals surface area contributed by atoms with Crippen molar-refractivity contribution in [3.63, 3.8) is 0 Å². The Labute approximate surface area is 521 Å². The zero-order valence-electron chi connectivity index (χ0n) is 54.0. The predicted octanol–water partition coefficient (Wildman–Crippen LogP) is 22.4. The van der Waals surface area contributed by atoms with Gasteiger partial charge in [-0.15, -0.1) is 0 Å². The van der Waals surface area contributed by atoms with Crippen molar-refractivity contribution in [2.75, 3.05) is 26.4 Å². The first-order chi connectivity index (χ1) is 41.8. The van der Waals surface area contributed by atoms with E-state index >= 15 is 0 Å². The van der Waals surface area contributed by atoms with Crippen LogP contribution in [0.5, 0.6) is 0 Å². The highest BCUT2D eigenvalue weighted by atomic mass is 31.2. The van der Waals surface area contributed by atoms with E-state index in [1.165, 1.54) is 122 Å². The van der Waals surface area contributed by atoms with E-state index in [-0.39, 0.29) is 32.6 Å². The van der Waals surface area contributed by atoms with Crippen LogP contribution in [-0.4, -0.2) is 49.3 Å². The summed E-state index contributed by atoms with van der Waals surface area (Å²) in [6.07, 6.45) is 100. The van der Waals surface area contributed by atoms with E-state index in [1.54, 1.807) is 0 Å². The van der Waals surface area contributed by atoms with Gasteiger partial charge in [0, 0.05) is 19.4 Å². The minimum Gasteiger partial charge on any atom is -0.462 e. The summed E-state index contributed by atoms with van der Waals surface area (Å²) >= 11 is 0. The third-order valence-electron chi connectivity index (χ3n) is 13.9. The van der Waals surface area contributed by atoms with Crippen LogP contribution in [-0.2, 0) is 32.7 Å². The molecule has 0 rings (SSSR count). The van der Waals surface area contributed by atoms with Crippen molar-refractivity contribution in [2.45, 2.75) is 277 Å². The maximum Gasteiger partial charge on any atom is 0.472 e. The van der Waals surface area contributed by atoms with Crippen molar-refractivity contribution in [2.24, 2.45) is 5.73 Å². The summed E-state index contributed by atoms with van der Waals surface area (Å²) in [7, 11) is -4.41. The molecular weight excluding hydrogens is 1070 g/mol. The number of unbranched alkanes of at least 4 members (excludes halogenated alkanes) is 23. The van der Waals surface area contributed by atoms with Gasteiger partial charge in [-0.25, -0.2) is 4.57 Å². The molecule has 0 saturated carbocycles. The lowest BCUT2D eigenvalue weighted by molar-refractivity contribution is -0.161. The van der Waals surface area contributed by atoms with Gasteiger partial charge < -0.3 is 20.1 Å². The summed E-state index contributed by atoms with van der Waals surface area (Å²) in [5, 5.41) is 0. The molecule has 2 unspecified atom stereocenters. The molecule has 0 radical (unpaired) electrons. The average molecular weight is 1200 g/mol. The number of esters is 2. The molecule has 0 amide bonds. The first kappa shape index (κ1) is 80.6. The summed E-state index contributed by atoms with van der Waals surface area (Å²) in [5.41, 5.74) is 5.39. The standard InChI is InChI=1S/C75H124NO8P/c1-3-5-7-9-11-13-15-17-19-21-23-25-27-29-31-32-33-34-35-36-37-38-39-40-42-44-46-48-50-52-54-56-58-60-62-64-66-68-75(78)84-73(72-83-85(79,80)82-70-69-76)71-81-74(77)67-65-63-61-59-57-55-53-51-49-47-45-43-41-30-28-26-24-22-20-18-16-14-12-10-8-6-4-2/h5,7,11,13,16-19,22-25,29,31,33-34,36-37,39-40,44,46,50,52,56,58,73H,3-4,6,8-10,12,14-15,20-21,26-28,30,32,35,38,41-43,45,47-49,51,53-55,57,59-72,76H2,1-2H3,(H,79,80)/b7-5-,13-11-,18-16-,19-17-,24-22-,25-23-,31-29-,34-33-,37-36-,40-39-,46-44-,52-50-,58-56-. The molecule has 9 nitrogen and oxygen atoms in total. The van der Waals surface area contributed by atoms with Crippen molar-refractivity contribution in [3.05, 3.63) is 158 Å². The first-order valence-electron chi connectivity index (χ1n) is 34.0. The molecule has 85 heavy (non-hydrogen) atoms. The van der Waals surface area contributed by atoms with Gasteiger partial charge in [-0.3, -0.25) is 18.6 Å². The molecule has 2 atom stereocenters. The maximum atomic E-state index is 12.7. The highest BCUT2D eigenvalue weighted by Gasteiger charge is 2.26. The summed E-state index contributed by atoms with van der Waals surface area (Å²) in [6, 6.07) is 0. The molecular formula is C75H124NO8P. The molecule has 0 aliphatic carbocycles. The van der Waals surface area contributed by atoms with Crippen LogP contribution in [0.15, 0.2) is 158 Å². The zero-order chi connectivity index (χ0) is 61.6. The van der Waals surface area contributed by atoms with E-state index in [4.69, 9.17) is 24.3 Å². The van der Waals surface area contributed by atoms with Gasteiger partial charge in [0.25, 0.3) is 0 Å². The molecule has 0 aromatic rings. The zero-order valence-corrected chi connectivity index (χ0v) is 54.9. The SMILES string of the molecule is CC/C=C\C/C=C\C/C=C\C/C=C\C/C=C\C/C=C\C/C=C\C/C=C\C/C=C\C/C=C\C/C=C\CCCCCC(=O)OC(COC(=O)CCCCCCCCCCCCCCCCC/C=C\C/C=C\CCCCCCC)COP(=O)(O)OCCN. The number of carbonyl (C=O) groups is 2. The number of hydrogen-bond acceptors (Lipinski definition) is 8.